The van der Waals surface area contributed by atoms with Gasteiger partial charge in [-0.3, -0.25) is 4.90 Å². The van der Waals surface area contributed by atoms with Crippen molar-refractivity contribution in [3.05, 3.63) is 65.7 Å². The third-order valence-corrected chi connectivity index (χ3v) is 4.27. The third-order valence-electron chi connectivity index (χ3n) is 4.27. The highest BCUT2D eigenvalue weighted by atomic mass is 16.6. The standard InChI is InChI=1S/C19H19NO4/c1-13-11-15-9-5-6-10-16(15)20(17(13)18(21)22)19(23)24-12-14-7-3-2-4-8-14/h2-10,13,17H,11-12H2,1H3,(H,21,22)/t13-,17+/m0/s1. The van der Waals surface area contributed by atoms with Crippen molar-refractivity contribution in [2.24, 2.45) is 5.92 Å². The molecule has 2 aromatic rings. The van der Waals surface area contributed by atoms with E-state index >= 15 is 0 Å². The fraction of sp³-hybridized carbons (Fsp3) is 0.263. The first-order chi connectivity index (χ1) is 11.6. The lowest BCUT2D eigenvalue weighted by atomic mass is 9.87. The molecule has 5 nitrogen and oxygen atoms in total. The van der Waals surface area contributed by atoms with Gasteiger partial charge in [-0.05, 0) is 29.5 Å². The summed E-state index contributed by atoms with van der Waals surface area (Å²) in [6.45, 7) is 1.95. The number of amides is 1. The van der Waals surface area contributed by atoms with E-state index in [-0.39, 0.29) is 12.5 Å². The number of benzene rings is 2. The largest absolute Gasteiger partial charge is 0.480 e. The highest BCUT2D eigenvalue weighted by Crippen LogP contribution is 2.34. The van der Waals surface area contributed by atoms with Gasteiger partial charge in [0.05, 0.1) is 5.69 Å². The molecular formula is C19H19NO4. The molecule has 2 aromatic carbocycles. The summed E-state index contributed by atoms with van der Waals surface area (Å²) in [5, 5.41) is 9.59. The van der Waals surface area contributed by atoms with Gasteiger partial charge in [-0.1, -0.05) is 55.5 Å². The minimum atomic E-state index is -1.02. The van der Waals surface area contributed by atoms with Gasteiger partial charge in [0.15, 0.2) is 0 Å². The van der Waals surface area contributed by atoms with Crippen molar-refractivity contribution in [2.45, 2.75) is 26.0 Å². The summed E-state index contributed by atoms with van der Waals surface area (Å²) in [5.74, 6) is -1.21. The molecule has 0 unspecified atom stereocenters. The molecule has 0 aliphatic carbocycles. The van der Waals surface area contributed by atoms with Gasteiger partial charge >= 0.3 is 12.1 Å². The molecule has 1 aliphatic heterocycles. The second-order valence-corrected chi connectivity index (χ2v) is 6.00. The molecule has 0 radical (unpaired) electrons. The van der Waals surface area contributed by atoms with E-state index in [2.05, 4.69) is 0 Å². The van der Waals surface area contributed by atoms with E-state index in [1.807, 2.05) is 49.4 Å². The summed E-state index contributed by atoms with van der Waals surface area (Å²) in [4.78, 5) is 25.6. The average Bonchev–Trinajstić information content (AvgIpc) is 2.59. The molecule has 24 heavy (non-hydrogen) atoms. The number of carboxylic acids is 1. The maximum Gasteiger partial charge on any atom is 0.415 e. The van der Waals surface area contributed by atoms with Crippen LogP contribution in [-0.2, 0) is 22.6 Å². The maximum absolute atomic E-state index is 12.6. The van der Waals surface area contributed by atoms with Crippen LogP contribution < -0.4 is 4.90 Å². The predicted molar refractivity (Wildman–Crippen MR) is 89.8 cm³/mol. The fourth-order valence-corrected chi connectivity index (χ4v) is 3.14. The topological polar surface area (TPSA) is 66.8 Å². The van der Waals surface area contributed by atoms with Gasteiger partial charge in [-0.15, -0.1) is 0 Å². The molecule has 124 valence electrons. The lowest BCUT2D eigenvalue weighted by Gasteiger charge is -2.37. The first-order valence-electron chi connectivity index (χ1n) is 7.88. The highest BCUT2D eigenvalue weighted by Gasteiger charge is 2.41. The quantitative estimate of drug-likeness (QED) is 0.938. The van der Waals surface area contributed by atoms with Gasteiger partial charge in [0.25, 0.3) is 0 Å². The summed E-state index contributed by atoms with van der Waals surface area (Å²) >= 11 is 0. The first-order valence-corrected chi connectivity index (χ1v) is 7.88. The van der Waals surface area contributed by atoms with Crippen LogP contribution in [0.25, 0.3) is 0 Å². The Morgan fingerprint density at radius 1 is 1.12 bits per heavy atom. The monoisotopic (exact) mass is 325 g/mol. The molecule has 0 aromatic heterocycles. The molecule has 1 amide bonds. The molecule has 0 fully saturated rings. The number of hydrogen-bond donors (Lipinski definition) is 1. The molecule has 1 N–H and O–H groups in total. The van der Waals surface area contributed by atoms with Crippen molar-refractivity contribution in [1.82, 2.24) is 0 Å². The lowest BCUT2D eigenvalue weighted by Crippen LogP contribution is -2.52. The van der Waals surface area contributed by atoms with Gasteiger partial charge in [0.1, 0.15) is 12.6 Å². The normalized spacial score (nSPS) is 19.5. The maximum atomic E-state index is 12.6. The number of carbonyl (C=O) groups is 2. The Bertz CT molecular complexity index is 744. The lowest BCUT2D eigenvalue weighted by molar-refractivity contribution is -0.139. The zero-order valence-corrected chi connectivity index (χ0v) is 13.4. The smallest absolute Gasteiger partial charge is 0.415 e. The summed E-state index contributed by atoms with van der Waals surface area (Å²) < 4.78 is 5.38. The van der Waals surface area contributed by atoms with Crippen LogP contribution in [0, 0.1) is 5.92 Å². The average molecular weight is 325 g/mol. The second kappa shape index (κ2) is 6.74. The SMILES string of the molecule is C[C@H]1Cc2ccccc2N(C(=O)OCc2ccccc2)[C@H]1C(=O)O. The molecule has 2 atom stereocenters. The summed E-state index contributed by atoms with van der Waals surface area (Å²) in [5.41, 5.74) is 2.43. The van der Waals surface area contributed by atoms with Gasteiger partial charge < -0.3 is 9.84 Å². The van der Waals surface area contributed by atoms with Crippen LogP contribution in [0.4, 0.5) is 10.5 Å². The number of hydrogen-bond acceptors (Lipinski definition) is 3. The van der Waals surface area contributed by atoms with Gasteiger partial charge in [-0.25, -0.2) is 9.59 Å². The fourth-order valence-electron chi connectivity index (χ4n) is 3.14. The zero-order valence-electron chi connectivity index (χ0n) is 13.4. The molecule has 0 saturated carbocycles. The molecule has 0 saturated heterocycles. The van der Waals surface area contributed by atoms with Crippen LogP contribution in [-0.4, -0.2) is 23.2 Å². The summed E-state index contributed by atoms with van der Waals surface area (Å²) in [7, 11) is 0. The predicted octanol–water partition coefficient (Wildman–Crippen LogP) is 3.48. The zero-order chi connectivity index (χ0) is 17.1. The Labute approximate surface area is 140 Å². The third kappa shape index (κ3) is 3.11. The molecule has 0 bridgehead atoms. The number of carboxylic acid groups (broad SMARTS) is 1. The van der Waals surface area contributed by atoms with Crippen molar-refractivity contribution in [3.8, 4) is 0 Å². The number of carbonyl (C=O) groups excluding carboxylic acids is 1. The Morgan fingerprint density at radius 2 is 1.79 bits per heavy atom. The number of ether oxygens (including phenoxy) is 1. The van der Waals surface area contributed by atoms with Crippen LogP contribution in [0.15, 0.2) is 54.6 Å². The Hall–Kier alpha value is -2.82. The van der Waals surface area contributed by atoms with E-state index in [1.54, 1.807) is 12.1 Å². The molecule has 0 spiro atoms. The summed E-state index contributed by atoms with van der Waals surface area (Å²) in [6.07, 6.45) is -0.0134. The van der Waals surface area contributed by atoms with Crippen LogP contribution in [0.1, 0.15) is 18.1 Å². The molecule has 5 heteroatoms. The number of nitrogens with zero attached hydrogens (tertiary/aromatic N) is 1. The first kappa shape index (κ1) is 16.1. The number of rotatable bonds is 3. The van der Waals surface area contributed by atoms with E-state index in [0.717, 1.165) is 11.1 Å². The number of para-hydroxylation sites is 1. The van der Waals surface area contributed by atoms with Crippen LogP contribution in [0.3, 0.4) is 0 Å². The molecule has 1 heterocycles. The minimum Gasteiger partial charge on any atom is -0.480 e. The summed E-state index contributed by atoms with van der Waals surface area (Å²) in [6, 6.07) is 15.8. The minimum absolute atomic E-state index is 0.110. The van der Waals surface area contributed by atoms with Crippen molar-refractivity contribution < 1.29 is 19.4 Å². The highest BCUT2D eigenvalue weighted by molar-refractivity contribution is 5.97. The van der Waals surface area contributed by atoms with Crippen molar-refractivity contribution in [1.29, 1.82) is 0 Å². The van der Waals surface area contributed by atoms with Gasteiger partial charge in [0, 0.05) is 0 Å². The number of aliphatic carboxylic acids is 1. The second-order valence-electron chi connectivity index (χ2n) is 6.00. The van der Waals surface area contributed by atoms with Crippen molar-refractivity contribution >= 4 is 17.7 Å². The van der Waals surface area contributed by atoms with E-state index in [4.69, 9.17) is 4.74 Å². The molecule has 1 aliphatic rings. The van der Waals surface area contributed by atoms with E-state index in [9.17, 15) is 14.7 Å². The van der Waals surface area contributed by atoms with Crippen LogP contribution in [0.5, 0.6) is 0 Å². The van der Waals surface area contributed by atoms with Gasteiger partial charge in [-0.2, -0.15) is 0 Å². The Balaban J connectivity index is 1.87. The van der Waals surface area contributed by atoms with Crippen LogP contribution in [0.2, 0.25) is 0 Å². The van der Waals surface area contributed by atoms with Gasteiger partial charge in [0.2, 0.25) is 0 Å². The molecular weight excluding hydrogens is 306 g/mol. The van der Waals surface area contributed by atoms with E-state index < -0.39 is 18.1 Å². The molecule has 3 rings (SSSR count). The van der Waals surface area contributed by atoms with Crippen molar-refractivity contribution in [2.75, 3.05) is 4.90 Å². The van der Waals surface area contributed by atoms with E-state index in [0.29, 0.717) is 12.1 Å². The Morgan fingerprint density at radius 3 is 2.50 bits per heavy atom. The number of fused-ring (bicyclic) bond motifs is 1. The van der Waals surface area contributed by atoms with Crippen LogP contribution >= 0.6 is 0 Å². The van der Waals surface area contributed by atoms with E-state index in [1.165, 1.54) is 4.90 Å². The van der Waals surface area contributed by atoms with Crippen molar-refractivity contribution in [3.63, 3.8) is 0 Å². The Kier molecular flexibility index (Phi) is 4.51. The number of anilines is 1.